The summed E-state index contributed by atoms with van der Waals surface area (Å²) in [6, 6.07) is 6.20. The number of hydrogen-bond donors (Lipinski definition) is 0. The molecule has 3 aromatic rings. The highest BCUT2D eigenvalue weighted by Crippen LogP contribution is 2.32. The van der Waals surface area contributed by atoms with Gasteiger partial charge in [0.25, 0.3) is 0 Å². The van der Waals surface area contributed by atoms with Gasteiger partial charge < -0.3 is 14.2 Å². The Morgan fingerprint density at radius 1 is 1.18 bits per heavy atom. The average molecular weight is 379 g/mol. The van der Waals surface area contributed by atoms with Gasteiger partial charge in [-0.2, -0.15) is 0 Å². The number of aromatic nitrogens is 4. The van der Waals surface area contributed by atoms with Gasteiger partial charge >= 0.3 is 6.09 Å². The molecule has 4 rings (SSSR count). The van der Waals surface area contributed by atoms with E-state index in [1.807, 2.05) is 31.5 Å². The van der Waals surface area contributed by atoms with Gasteiger partial charge in [0, 0.05) is 42.5 Å². The van der Waals surface area contributed by atoms with Gasteiger partial charge in [0.05, 0.1) is 17.5 Å². The number of piperidine rings is 1. The molecular formula is C21H25N5O2. The molecular weight excluding hydrogens is 354 g/mol. The van der Waals surface area contributed by atoms with Crippen molar-refractivity contribution >= 4 is 17.0 Å². The van der Waals surface area contributed by atoms with Crippen molar-refractivity contribution in [3.05, 3.63) is 48.9 Å². The quantitative estimate of drug-likeness (QED) is 0.674. The van der Waals surface area contributed by atoms with Crippen LogP contribution >= 0.6 is 0 Å². The number of benzene rings is 1. The number of fused-ring (bicyclic) bond motifs is 1. The lowest BCUT2D eigenvalue weighted by molar-refractivity contribution is 0.0204. The van der Waals surface area contributed by atoms with Gasteiger partial charge in [-0.25, -0.2) is 19.7 Å². The molecule has 2 aromatic heterocycles. The Morgan fingerprint density at radius 2 is 1.96 bits per heavy atom. The molecule has 0 saturated carbocycles. The third kappa shape index (κ3) is 3.83. The van der Waals surface area contributed by atoms with E-state index in [4.69, 9.17) is 4.74 Å². The van der Waals surface area contributed by atoms with Crippen molar-refractivity contribution in [2.24, 2.45) is 0 Å². The maximum atomic E-state index is 12.3. The lowest BCUT2D eigenvalue weighted by Gasteiger charge is -2.33. The molecule has 0 spiro atoms. The van der Waals surface area contributed by atoms with Crippen molar-refractivity contribution in [2.75, 3.05) is 13.1 Å². The van der Waals surface area contributed by atoms with Crippen molar-refractivity contribution in [3.63, 3.8) is 0 Å². The molecule has 1 aliphatic heterocycles. The maximum Gasteiger partial charge on any atom is 0.410 e. The van der Waals surface area contributed by atoms with Gasteiger partial charge in [0.1, 0.15) is 11.9 Å². The molecule has 0 radical (unpaired) electrons. The first kappa shape index (κ1) is 18.4. The highest BCUT2D eigenvalue weighted by molar-refractivity contribution is 5.83. The van der Waals surface area contributed by atoms with E-state index in [9.17, 15) is 4.79 Å². The number of amides is 1. The van der Waals surface area contributed by atoms with Gasteiger partial charge in [0.2, 0.25) is 0 Å². The molecule has 1 saturated heterocycles. The molecule has 0 bridgehead atoms. The zero-order valence-corrected chi connectivity index (χ0v) is 16.5. The minimum absolute atomic E-state index is 0.233. The van der Waals surface area contributed by atoms with Crippen molar-refractivity contribution in [1.29, 1.82) is 0 Å². The fourth-order valence-electron chi connectivity index (χ4n) is 3.63. The van der Waals surface area contributed by atoms with Crippen LogP contribution in [0.1, 0.15) is 45.2 Å². The molecule has 7 heteroatoms. The number of carbonyl (C=O) groups is 1. The van der Waals surface area contributed by atoms with Crippen LogP contribution < -0.4 is 0 Å². The zero-order chi connectivity index (χ0) is 19.7. The zero-order valence-electron chi connectivity index (χ0n) is 16.5. The Bertz CT molecular complexity index is 970. The second-order valence-corrected chi connectivity index (χ2v) is 8.17. The fourth-order valence-corrected chi connectivity index (χ4v) is 3.63. The smallest absolute Gasteiger partial charge is 0.410 e. The summed E-state index contributed by atoms with van der Waals surface area (Å²) in [4.78, 5) is 27.2. The molecule has 28 heavy (non-hydrogen) atoms. The fraction of sp³-hybridized carbons (Fsp3) is 0.429. The summed E-state index contributed by atoms with van der Waals surface area (Å²) in [7, 11) is 0. The number of carbonyl (C=O) groups excluding carboxylic acids is 1. The summed E-state index contributed by atoms with van der Waals surface area (Å²) < 4.78 is 7.45. The number of rotatable bonds is 2. The van der Waals surface area contributed by atoms with E-state index in [0.29, 0.717) is 19.0 Å². The summed E-state index contributed by atoms with van der Waals surface area (Å²) in [6.45, 7) is 7.03. The van der Waals surface area contributed by atoms with Gasteiger partial charge in [-0.15, -0.1) is 0 Å². The van der Waals surface area contributed by atoms with Crippen LogP contribution in [0.3, 0.4) is 0 Å². The van der Waals surface area contributed by atoms with E-state index < -0.39 is 5.60 Å². The van der Waals surface area contributed by atoms with E-state index >= 15 is 0 Å². The molecule has 0 N–H and O–H groups in total. The minimum atomic E-state index is -0.469. The molecule has 1 amide bonds. The van der Waals surface area contributed by atoms with E-state index in [0.717, 1.165) is 35.1 Å². The van der Waals surface area contributed by atoms with E-state index in [2.05, 4.69) is 33.2 Å². The van der Waals surface area contributed by atoms with Crippen molar-refractivity contribution < 1.29 is 9.53 Å². The van der Waals surface area contributed by atoms with Gasteiger partial charge in [0.15, 0.2) is 0 Å². The number of imidazole rings is 1. The van der Waals surface area contributed by atoms with Crippen LogP contribution in [0, 0.1) is 0 Å². The molecule has 0 aliphatic carbocycles. The first-order chi connectivity index (χ1) is 13.4. The second-order valence-electron chi connectivity index (χ2n) is 8.17. The standard InChI is InChI=1S/C21H25N5O2/c1-21(2,3)28-20(27)25-9-6-15(7-10-25)19-17-5-4-16(26-11-8-22-14-26)12-18(17)23-13-24-19/h4-5,8,11-15H,6-7,9-10H2,1-3H3. The molecule has 7 nitrogen and oxygen atoms in total. The molecule has 3 heterocycles. The molecule has 0 unspecified atom stereocenters. The summed E-state index contributed by atoms with van der Waals surface area (Å²) in [5.74, 6) is 0.309. The monoisotopic (exact) mass is 379 g/mol. The highest BCUT2D eigenvalue weighted by atomic mass is 16.6. The topological polar surface area (TPSA) is 73.1 Å². The second kappa shape index (κ2) is 7.22. The van der Waals surface area contributed by atoms with Crippen LogP contribution in [0.25, 0.3) is 16.6 Å². The number of ether oxygens (including phenoxy) is 1. The molecule has 146 valence electrons. The first-order valence-corrected chi connectivity index (χ1v) is 9.61. The lowest BCUT2D eigenvalue weighted by Crippen LogP contribution is -2.41. The molecule has 1 aromatic carbocycles. The first-order valence-electron chi connectivity index (χ1n) is 9.61. The number of hydrogen-bond acceptors (Lipinski definition) is 5. The van der Waals surface area contributed by atoms with E-state index in [1.165, 1.54) is 0 Å². The average Bonchev–Trinajstić information content (AvgIpc) is 3.21. The Morgan fingerprint density at radius 3 is 2.64 bits per heavy atom. The largest absolute Gasteiger partial charge is 0.444 e. The van der Waals surface area contributed by atoms with Crippen LogP contribution in [-0.4, -0.2) is 49.2 Å². The Balaban J connectivity index is 1.52. The third-order valence-electron chi connectivity index (χ3n) is 4.99. The summed E-state index contributed by atoms with van der Waals surface area (Å²) in [6.07, 6.45) is 8.58. The van der Waals surface area contributed by atoms with Gasteiger partial charge in [-0.1, -0.05) is 0 Å². The number of likely N-dealkylation sites (tertiary alicyclic amines) is 1. The summed E-state index contributed by atoms with van der Waals surface area (Å²) >= 11 is 0. The summed E-state index contributed by atoms with van der Waals surface area (Å²) in [5, 5.41) is 1.07. The maximum absolute atomic E-state index is 12.3. The van der Waals surface area contributed by atoms with E-state index in [1.54, 1.807) is 23.8 Å². The van der Waals surface area contributed by atoms with E-state index in [-0.39, 0.29) is 6.09 Å². The summed E-state index contributed by atoms with van der Waals surface area (Å²) in [5.41, 5.74) is 2.54. The lowest BCUT2D eigenvalue weighted by atomic mass is 9.91. The predicted molar refractivity (Wildman–Crippen MR) is 106 cm³/mol. The van der Waals surface area contributed by atoms with Gasteiger partial charge in [-0.05, 0) is 51.8 Å². The third-order valence-corrected chi connectivity index (χ3v) is 4.99. The van der Waals surface area contributed by atoms with Crippen LogP contribution in [0.15, 0.2) is 43.2 Å². The predicted octanol–water partition coefficient (Wildman–Crippen LogP) is 3.93. The van der Waals surface area contributed by atoms with Gasteiger partial charge in [-0.3, -0.25) is 0 Å². The molecule has 1 aliphatic rings. The van der Waals surface area contributed by atoms with Crippen LogP contribution in [0.2, 0.25) is 0 Å². The normalized spacial score (nSPS) is 15.8. The van der Waals surface area contributed by atoms with Crippen molar-refractivity contribution in [1.82, 2.24) is 24.4 Å². The molecule has 0 atom stereocenters. The SMILES string of the molecule is CC(C)(C)OC(=O)N1CCC(c2ncnc3cc(-n4ccnc4)ccc23)CC1. The van der Waals surface area contributed by atoms with Crippen molar-refractivity contribution in [2.45, 2.75) is 45.1 Å². The minimum Gasteiger partial charge on any atom is -0.444 e. The Hall–Kier alpha value is -2.96. The van der Waals surface area contributed by atoms with Crippen LogP contribution in [0.5, 0.6) is 0 Å². The van der Waals surface area contributed by atoms with Crippen molar-refractivity contribution in [3.8, 4) is 5.69 Å². The van der Waals surface area contributed by atoms with Crippen LogP contribution in [-0.2, 0) is 4.74 Å². The number of nitrogens with zero attached hydrogens (tertiary/aromatic N) is 5. The van der Waals surface area contributed by atoms with Crippen LogP contribution in [0.4, 0.5) is 4.79 Å². The highest BCUT2D eigenvalue weighted by Gasteiger charge is 2.28. The Kier molecular flexibility index (Phi) is 4.75. The Labute approximate surface area is 164 Å². The molecule has 1 fully saturated rings.